The molecular formula is C10H15NO4. The maximum Gasteiger partial charge on any atom is 0.409 e. The predicted molar refractivity (Wildman–Crippen MR) is 51.4 cm³/mol. The number of methoxy groups -OCH3 is 1. The largest absolute Gasteiger partial charge is 0.481 e. The zero-order valence-electron chi connectivity index (χ0n) is 8.68. The molecule has 0 spiro atoms. The number of aliphatic carboxylic acids is 1. The van der Waals surface area contributed by atoms with Gasteiger partial charge < -0.3 is 14.7 Å². The average molecular weight is 213 g/mol. The van der Waals surface area contributed by atoms with Gasteiger partial charge in [-0.1, -0.05) is 0 Å². The lowest BCUT2D eigenvalue weighted by Gasteiger charge is -2.47. The summed E-state index contributed by atoms with van der Waals surface area (Å²) in [6.07, 6.45) is 2.13. The van der Waals surface area contributed by atoms with Crippen LogP contribution in [0.15, 0.2) is 0 Å². The van der Waals surface area contributed by atoms with E-state index in [1.807, 2.05) is 0 Å². The summed E-state index contributed by atoms with van der Waals surface area (Å²) in [6.45, 7) is 0.654. The molecular weight excluding hydrogens is 198 g/mol. The lowest BCUT2D eigenvalue weighted by atomic mass is 9.73. The number of carboxylic acids is 1. The Balaban J connectivity index is 2.16. The molecule has 2 bridgehead atoms. The Morgan fingerprint density at radius 2 is 2.13 bits per heavy atom. The number of carbonyl (C=O) groups is 2. The van der Waals surface area contributed by atoms with Crippen LogP contribution in [-0.2, 0) is 9.53 Å². The van der Waals surface area contributed by atoms with Crippen LogP contribution >= 0.6 is 0 Å². The van der Waals surface area contributed by atoms with Crippen molar-refractivity contribution in [2.75, 3.05) is 13.7 Å². The first-order valence-electron chi connectivity index (χ1n) is 5.21. The van der Waals surface area contributed by atoms with Crippen molar-refractivity contribution in [3.63, 3.8) is 0 Å². The standard InChI is InChI=1S/C10H15NO4/c1-15-10(14)11-5-6-2-3-8(11)7(4-6)9(12)13/h6-8H,2-5H2,1H3,(H,12,13)/t6-,7+,8+/m0/s1. The number of ether oxygens (including phenoxy) is 1. The van der Waals surface area contributed by atoms with Crippen LogP contribution in [0.4, 0.5) is 4.79 Å². The number of rotatable bonds is 1. The summed E-state index contributed by atoms with van der Waals surface area (Å²) < 4.78 is 4.66. The molecule has 84 valence electrons. The molecule has 3 aliphatic rings. The van der Waals surface area contributed by atoms with Gasteiger partial charge in [-0.2, -0.15) is 0 Å². The van der Waals surface area contributed by atoms with Crippen molar-refractivity contribution in [1.82, 2.24) is 4.90 Å². The fraction of sp³-hybridized carbons (Fsp3) is 0.800. The smallest absolute Gasteiger partial charge is 0.409 e. The van der Waals surface area contributed by atoms with Gasteiger partial charge in [0, 0.05) is 12.6 Å². The van der Waals surface area contributed by atoms with Gasteiger partial charge in [0.05, 0.1) is 13.0 Å². The van der Waals surface area contributed by atoms with Crippen molar-refractivity contribution in [3.05, 3.63) is 0 Å². The minimum atomic E-state index is -0.793. The summed E-state index contributed by atoms with van der Waals surface area (Å²) >= 11 is 0. The van der Waals surface area contributed by atoms with E-state index in [-0.39, 0.29) is 6.04 Å². The van der Waals surface area contributed by atoms with Crippen LogP contribution in [0.25, 0.3) is 0 Å². The van der Waals surface area contributed by atoms with E-state index in [1.54, 1.807) is 4.90 Å². The molecule has 0 aromatic rings. The Kier molecular flexibility index (Phi) is 2.54. The zero-order valence-corrected chi connectivity index (χ0v) is 8.68. The molecule has 15 heavy (non-hydrogen) atoms. The summed E-state index contributed by atoms with van der Waals surface area (Å²) in [7, 11) is 1.33. The van der Waals surface area contributed by atoms with Gasteiger partial charge in [-0.05, 0) is 25.2 Å². The molecule has 3 fully saturated rings. The van der Waals surface area contributed by atoms with Gasteiger partial charge in [0.1, 0.15) is 0 Å². The lowest BCUT2D eigenvalue weighted by molar-refractivity contribution is -0.148. The maximum atomic E-state index is 11.4. The molecule has 1 saturated carbocycles. The Labute approximate surface area is 88.0 Å². The van der Waals surface area contributed by atoms with Crippen LogP contribution in [-0.4, -0.2) is 41.8 Å². The lowest BCUT2D eigenvalue weighted by Crippen LogP contribution is -2.57. The minimum Gasteiger partial charge on any atom is -0.481 e. The molecule has 3 rings (SSSR count). The number of carbonyl (C=O) groups excluding carboxylic acids is 1. The number of nitrogens with zero attached hydrogens (tertiary/aromatic N) is 1. The van der Waals surface area contributed by atoms with Crippen molar-refractivity contribution in [2.45, 2.75) is 25.3 Å². The second kappa shape index (κ2) is 3.72. The van der Waals surface area contributed by atoms with Gasteiger partial charge >= 0.3 is 12.1 Å². The normalized spacial score (nSPS) is 33.9. The molecule has 2 aliphatic heterocycles. The molecule has 0 aromatic heterocycles. The van der Waals surface area contributed by atoms with Crippen molar-refractivity contribution >= 4 is 12.1 Å². The Morgan fingerprint density at radius 3 is 2.67 bits per heavy atom. The Hall–Kier alpha value is -1.26. The van der Waals surface area contributed by atoms with Crippen molar-refractivity contribution in [3.8, 4) is 0 Å². The van der Waals surface area contributed by atoms with E-state index in [0.29, 0.717) is 18.9 Å². The highest BCUT2D eigenvalue weighted by molar-refractivity contribution is 5.74. The first kappa shape index (κ1) is 10.3. The van der Waals surface area contributed by atoms with Crippen LogP contribution in [0, 0.1) is 11.8 Å². The van der Waals surface area contributed by atoms with Crippen LogP contribution < -0.4 is 0 Å². The average Bonchev–Trinajstić information content (AvgIpc) is 2.28. The van der Waals surface area contributed by atoms with Crippen LogP contribution in [0.2, 0.25) is 0 Å². The highest BCUT2D eigenvalue weighted by Crippen LogP contribution is 2.39. The van der Waals surface area contributed by atoms with Gasteiger partial charge in [-0.15, -0.1) is 0 Å². The van der Waals surface area contributed by atoms with Crippen molar-refractivity contribution < 1.29 is 19.4 Å². The summed E-state index contributed by atoms with van der Waals surface area (Å²) in [6, 6.07) is -0.167. The van der Waals surface area contributed by atoms with Crippen molar-refractivity contribution in [1.29, 1.82) is 0 Å². The molecule has 1 aliphatic carbocycles. The van der Waals surface area contributed by atoms with Crippen LogP contribution in [0.1, 0.15) is 19.3 Å². The quantitative estimate of drug-likeness (QED) is 0.703. The summed E-state index contributed by atoms with van der Waals surface area (Å²) in [5.41, 5.74) is 0. The zero-order chi connectivity index (χ0) is 11.0. The molecule has 2 saturated heterocycles. The monoisotopic (exact) mass is 213 g/mol. The molecule has 1 amide bonds. The summed E-state index contributed by atoms with van der Waals surface area (Å²) in [5, 5.41) is 9.05. The van der Waals surface area contributed by atoms with Crippen molar-refractivity contribution in [2.24, 2.45) is 11.8 Å². The Bertz CT molecular complexity index is 291. The third-order valence-corrected chi connectivity index (χ3v) is 3.50. The third kappa shape index (κ3) is 1.66. The second-order valence-corrected chi connectivity index (χ2v) is 4.31. The Morgan fingerprint density at radius 1 is 1.40 bits per heavy atom. The van der Waals surface area contributed by atoms with Gasteiger partial charge in [-0.25, -0.2) is 4.79 Å². The van der Waals surface area contributed by atoms with Gasteiger partial charge in [0.15, 0.2) is 0 Å². The number of amides is 1. The summed E-state index contributed by atoms with van der Waals surface area (Å²) in [5.74, 6) is -0.870. The van der Waals surface area contributed by atoms with Crippen LogP contribution in [0.5, 0.6) is 0 Å². The molecule has 5 nitrogen and oxygen atoms in total. The van der Waals surface area contributed by atoms with Gasteiger partial charge in [-0.3, -0.25) is 4.79 Å². The predicted octanol–water partition coefficient (Wildman–Crippen LogP) is 0.938. The van der Waals surface area contributed by atoms with E-state index in [9.17, 15) is 9.59 Å². The second-order valence-electron chi connectivity index (χ2n) is 4.31. The molecule has 0 radical (unpaired) electrons. The number of piperidine rings is 2. The minimum absolute atomic E-state index is 0.167. The number of fused-ring (bicyclic) bond motifs is 3. The fourth-order valence-electron chi connectivity index (χ4n) is 2.79. The molecule has 2 heterocycles. The highest BCUT2D eigenvalue weighted by Gasteiger charge is 2.46. The van der Waals surface area contributed by atoms with E-state index >= 15 is 0 Å². The first-order valence-corrected chi connectivity index (χ1v) is 5.21. The van der Waals surface area contributed by atoms with E-state index in [0.717, 1.165) is 12.8 Å². The molecule has 1 N–H and O–H groups in total. The SMILES string of the molecule is COC(=O)N1C[C@H]2CC[C@@H]1[C@H](C(=O)O)C2. The number of hydrogen-bond donors (Lipinski definition) is 1. The van der Waals surface area contributed by atoms with E-state index in [1.165, 1.54) is 7.11 Å². The van der Waals surface area contributed by atoms with E-state index in [4.69, 9.17) is 5.11 Å². The van der Waals surface area contributed by atoms with Gasteiger partial charge in [0.25, 0.3) is 0 Å². The first-order chi connectivity index (χ1) is 7.13. The molecule has 3 atom stereocenters. The van der Waals surface area contributed by atoms with Gasteiger partial charge in [0.2, 0.25) is 0 Å². The molecule has 0 aromatic carbocycles. The molecule has 5 heteroatoms. The summed E-state index contributed by atoms with van der Waals surface area (Å²) in [4.78, 5) is 24.0. The van der Waals surface area contributed by atoms with Crippen LogP contribution in [0.3, 0.4) is 0 Å². The topological polar surface area (TPSA) is 66.8 Å². The van der Waals surface area contributed by atoms with E-state index in [2.05, 4.69) is 4.74 Å². The van der Waals surface area contributed by atoms with E-state index < -0.39 is 18.0 Å². The number of carboxylic acid groups (broad SMARTS) is 1. The fourth-order valence-corrected chi connectivity index (χ4v) is 2.79. The number of hydrogen-bond acceptors (Lipinski definition) is 3. The third-order valence-electron chi connectivity index (χ3n) is 3.50. The molecule has 0 unspecified atom stereocenters. The maximum absolute atomic E-state index is 11.4. The highest BCUT2D eigenvalue weighted by atomic mass is 16.5.